The lowest BCUT2D eigenvalue weighted by atomic mass is 10.1. The summed E-state index contributed by atoms with van der Waals surface area (Å²) in [4.78, 5) is 24.2. The van der Waals surface area contributed by atoms with Gasteiger partial charge < -0.3 is 14.8 Å². The smallest absolute Gasteiger partial charge is 0.408 e. The molecule has 0 aliphatic rings. The lowest BCUT2D eigenvalue weighted by Crippen LogP contribution is -2.38. The summed E-state index contributed by atoms with van der Waals surface area (Å²) in [6.45, 7) is 10.4. The summed E-state index contributed by atoms with van der Waals surface area (Å²) in [5, 5.41) is 3.62. The Morgan fingerprint density at radius 1 is 1.00 bits per heavy atom. The molecule has 0 heterocycles. The van der Waals surface area contributed by atoms with Crippen molar-refractivity contribution in [3.05, 3.63) is 41.8 Å². The molecule has 1 N–H and O–H groups in total. The normalized spacial score (nSPS) is 13.7. The van der Waals surface area contributed by atoms with Crippen LogP contribution in [0.15, 0.2) is 46.7 Å². The first-order valence-electron chi connectivity index (χ1n) is 9.38. The fourth-order valence-corrected chi connectivity index (χ4v) is 3.32. The predicted molar refractivity (Wildman–Crippen MR) is 111 cm³/mol. The van der Waals surface area contributed by atoms with Crippen molar-refractivity contribution in [3.8, 4) is 0 Å². The fourth-order valence-electron chi connectivity index (χ4n) is 2.23. The lowest BCUT2D eigenvalue weighted by Gasteiger charge is -2.23. The molecule has 1 rings (SSSR count). The second kappa shape index (κ2) is 9.91. The molecule has 1 atom stereocenters. The van der Waals surface area contributed by atoms with Crippen LogP contribution in [0, 0.1) is 0 Å². The van der Waals surface area contributed by atoms with Gasteiger partial charge in [-0.15, -0.1) is 0 Å². The zero-order valence-corrected chi connectivity index (χ0v) is 18.7. The minimum atomic E-state index is -3.68. The van der Waals surface area contributed by atoms with Crippen LogP contribution in [0.5, 0.6) is 0 Å². The van der Waals surface area contributed by atoms with Gasteiger partial charge in [0, 0.05) is 11.8 Å². The fraction of sp³-hybridized carbons (Fsp3) is 0.524. The molecule has 0 bridgehead atoms. The molecule has 0 radical (unpaired) electrons. The van der Waals surface area contributed by atoms with Crippen LogP contribution in [0.25, 0.3) is 0 Å². The first kappa shape index (κ1) is 24.7. The monoisotopic (exact) mass is 425 g/mol. The molecule has 0 spiro atoms. The standard InChI is InChI=1S/C21H31NO6S/c1-20(2,3)27-18(23)13-12-16(22-19(24)28-21(4,5)6)14-15-29(25,26)17-10-8-7-9-11-17/h7-11,14-16H,12-13H2,1-6H3,(H,22,24)/b15-14+/t16-/m0/s1. The van der Waals surface area contributed by atoms with Crippen LogP contribution in [0.2, 0.25) is 0 Å². The Morgan fingerprint density at radius 3 is 2.07 bits per heavy atom. The molecule has 0 fully saturated rings. The number of hydrogen-bond acceptors (Lipinski definition) is 6. The number of carbonyl (C=O) groups is 2. The third-order valence-corrected chi connectivity index (χ3v) is 4.79. The third-order valence-electron chi connectivity index (χ3n) is 3.34. The van der Waals surface area contributed by atoms with Gasteiger partial charge in [0.15, 0.2) is 9.84 Å². The molecule has 7 nitrogen and oxygen atoms in total. The van der Waals surface area contributed by atoms with Gasteiger partial charge in [0.2, 0.25) is 0 Å². The van der Waals surface area contributed by atoms with E-state index in [4.69, 9.17) is 9.47 Å². The Labute approximate surface area is 173 Å². The number of benzene rings is 1. The summed E-state index contributed by atoms with van der Waals surface area (Å²) < 4.78 is 35.4. The van der Waals surface area contributed by atoms with Crippen molar-refractivity contribution in [2.75, 3.05) is 0 Å². The van der Waals surface area contributed by atoms with Gasteiger partial charge >= 0.3 is 12.1 Å². The van der Waals surface area contributed by atoms with E-state index >= 15 is 0 Å². The van der Waals surface area contributed by atoms with Crippen molar-refractivity contribution in [3.63, 3.8) is 0 Å². The Balaban J connectivity index is 2.91. The number of hydrogen-bond donors (Lipinski definition) is 1. The van der Waals surface area contributed by atoms with Crippen LogP contribution in [-0.2, 0) is 24.1 Å². The highest BCUT2D eigenvalue weighted by Crippen LogP contribution is 2.15. The first-order chi connectivity index (χ1) is 13.2. The Morgan fingerprint density at radius 2 is 1.55 bits per heavy atom. The maximum Gasteiger partial charge on any atom is 0.408 e. The Bertz CT molecular complexity index is 817. The lowest BCUT2D eigenvalue weighted by molar-refractivity contribution is -0.155. The molecule has 0 aromatic heterocycles. The van der Waals surface area contributed by atoms with Crippen molar-refractivity contribution in [1.82, 2.24) is 5.32 Å². The molecule has 0 unspecified atom stereocenters. The average Bonchev–Trinajstić information content (AvgIpc) is 2.55. The first-order valence-corrected chi connectivity index (χ1v) is 10.9. The molecule has 0 saturated carbocycles. The predicted octanol–water partition coefficient (Wildman–Crippen LogP) is 3.99. The Hall–Kier alpha value is -2.35. The van der Waals surface area contributed by atoms with Crippen LogP contribution in [-0.4, -0.2) is 37.7 Å². The summed E-state index contributed by atoms with van der Waals surface area (Å²) >= 11 is 0. The molecule has 29 heavy (non-hydrogen) atoms. The van der Waals surface area contributed by atoms with Crippen molar-refractivity contribution in [1.29, 1.82) is 0 Å². The van der Waals surface area contributed by atoms with Crippen LogP contribution in [0.1, 0.15) is 54.4 Å². The number of rotatable bonds is 7. The van der Waals surface area contributed by atoms with E-state index in [0.717, 1.165) is 5.41 Å². The van der Waals surface area contributed by atoms with E-state index in [2.05, 4.69) is 5.32 Å². The zero-order chi connectivity index (χ0) is 22.3. The average molecular weight is 426 g/mol. The quantitative estimate of drug-likeness (QED) is 0.663. The van der Waals surface area contributed by atoms with Gasteiger partial charge in [0.25, 0.3) is 0 Å². The van der Waals surface area contributed by atoms with E-state index in [1.165, 1.54) is 18.2 Å². The van der Waals surface area contributed by atoms with E-state index in [9.17, 15) is 18.0 Å². The highest BCUT2D eigenvalue weighted by molar-refractivity contribution is 7.94. The molecular weight excluding hydrogens is 394 g/mol. The van der Waals surface area contributed by atoms with Crippen molar-refractivity contribution in [2.24, 2.45) is 0 Å². The van der Waals surface area contributed by atoms with Crippen LogP contribution in [0.4, 0.5) is 4.79 Å². The summed E-state index contributed by atoms with van der Waals surface area (Å²) in [5.74, 6) is -0.437. The van der Waals surface area contributed by atoms with Gasteiger partial charge in [0.1, 0.15) is 11.2 Å². The minimum absolute atomic E-state index is 0.00740. The molecule has 0 aliphatic heterocycles. The molecule has 0 saturated heterocycles. The summed E-state index contributed by atoms with van der Waals surface area (Å²) in [6.07, 6.45) is 0.812. The summed E-state index contributed by atoms with van der Waals surface area (Å²) in [7, 11) is -3.68. The minimum Gasteiger partial charge on any atom is -0.460 e. The summed E-state index contributed by atoms with van der Waals surface area (Å²) in [5.41, 5.74) is -1.34. The molecular formula is C21H31NO6S. The number of nitrogens with one attached hydrogen (secondary N) is 1. The highest BCUT2D eigenvalue weighted by Gasteiger charge is 2.21. The summed E-state index contributed by atoms with van der Waals surface area (Å²) in [6, 6.07) is 7.21. The van der Waals surface area contributed by atoms with Gasteiger partial charge in [-0.05, 0) is 60.1 Å². The van der Waals surface area contributed by atoms with Crippen molar-refractivity contribution < 1.29 is 27.5 Å². The van der Waals surface area contributed by atoms with Crippen molar-refractivity contribution in [2.45, 2.75) is 76.5 Å². The van der Waals surface area contributed by atoms with Gasteiger partial charge in [-0.25, -0.2) is 13.2 Å². The van der Waals surface area contributed by atoms with E-state index in [1.54, 1.807) is 59.7 Å². The Kier molecular flexibility index (Phi) is 8.44. The van der Waals surface area contributed by atoms with E-state index < -0.39 is 39.1 Å². The maximum atomic E-state index is 12.5. The number of esters is 1. The third kappa shape index (κ3) is 10.7. The van der Waals surface area contributed by atoms with Gasteiger partial charge in [-0.3, -0.25) is 4.79 Å². The number of amides is 1. The van der Waals surface area contributed by atoms with E-state index in [-0.39, 0.29) is 17.7 Å². The molecule has 1 aromatic carbocycles. The second-order valence-corrected chi connectivity index (χ2v) is 10.4. The van der Waals surface area contributed by atoms with Crippen molar-refractivity contribution >= 4 is 21.9 Å². The number of ether oxygens (including phenoxy) is 2. The van der Waals surface area contributed by atoms with Crippen LogP contribution >= 0.6 is 0 Å². The maximum absolute atomic E-state index is 12.5. The van der Waals surface area contributed by atoms with Gasteiger partial charge in [0.05, 0.1) is 10.9 Å². The SMILES string of the molecule is CC(C)(C)OC(=O)CC[C@@H](/C=C/S(=O)(=O)c1ccccc1)NC(=O)OC(C)(C)C. The number of carbonyl (C=O) groups excluding carboxylic acids is 2. The van der Waals surface area contributed by atoms with Crippen LogP contribution < -0.4 is 5.32 Å². The molecule has 1 aromatic rings. The number of sulfone groups is 1. The highest BCUT2D eigenvalue weighted by atomic mass is 32.2. The van der Waals surface area contributed by atoms with Crippen LogP contribution in [0.3, 0.4) is 0 Å². The van der Waals surface area contributed by atoms with Gasteiger partial charge in [-0.2, -0.15) is 0 Å². The topological polar surface area (TPSA) is 98.8 Å². The number of alkyl carbamates (subject to hydrolysis) is 1. The zero-order valence-electron chi connectivity index (χ0n) is 17.9. The van der Waals surface area contributed by atoms with Gasteiger partial charge in [-0.1, -0.05) is 24.3 Å². The second-order valence-electron chi connectivity index (χ2n) is 8.56. The molecule has 8 heteroatoms. The largest absolute Gasteiger partial charge is 0.460 e. The molecule has 0 aliphatic carbocycles. The molecule has 1 amide bonds. The van der Waals surface area contributed by atoms with E-state index in [1.807, 2.05) is 0 Å². The molecule has 162 valence electrons. The van der Waals surface area contributed by atoms with E-state index in [0.29, 0.717) is 0 Å².